The summed E-state index contributed by atoms with van der Waals surface area (Å²) in [5, 5.41) is 15.6. The zero-order valence-electron chi connectivity index (χ0n) is 20.3. The molecule has 2 unspecified atom stereocenters. The van der Waals surface area contributed by atoms with Crippen LogP contribution in [0.5, 0.6) is 5.75 Å². The SMILES string of the molecule is CN(C)CC(COc1ccccc1)C1C2CCC1(OC(=O)C(O)(c1cccs1)c1cccs1)CC2. The van der Waals surface area contributed by atoms with Crippen molar-refractivity contribution < 1.29 is 19.4 Å². The number of para-hydroxylation sites is 1. The maximum Gasteiger partial charge on any atom is 0.349 e. The first-order valence-corrected chi connectivity index (χ1v) is 14.0. The van der Waals surface area contributed by atoms with Gasteiger partial charge in [-0.25, -0.2) is 4.79 Å². The third-order valence-corrected chi connectivity index (χ3v) is 9.61. The number of thiophene rings is 2. The normalized spacial score (nSPS) is 24.6. The van der Waals surface area contributed by atoms with Gasteiger partial charge in [0.25, 0.3) is 0 Å². The Labute approximate surface area is 215 Å². The molecule has 1 aromatic carbocycles. The molecule has 0 spiro atoms. The van der Waals surface area contributed by atoms with E-state index in [4.69, 9.17) is 9.47 Å². The van der Waals surface area contributed by atoms with E-state index in [9.17, 15) is 9.90 Å². The fourth-order valence-electron chi connectivity index (χ4n) is 6.24. The van der Waals surface area contributed by atoms with Gasteiger partial charge >= 0.3 is 5.97 Å². The number of hydrogen-bond donors (Lipinski definition) is 1. The van der Waals surface area contributed by atoms with Crippen molar-refractivity contribution in [3.63, 3.8) is 0 Å². The maximum absolute atomic E-state index is 13.9. The summed E-state index contributed by atoms with van der Waals surface area (Å²) in [6, 6.07) is 17.3. The summed E-state index contributed by atoms with van der Waals surface area (Å²) in [5.41, 5.74) is -2.34. The van der Waals surface area contributed by atoms with E-state index in [0.29, 0.717) is 22.3 Å². The monoisotopic (exact) mass is 511 g/mol. The van der Waals surface area contributed by atoms with Crippen LogP contribution in [-0.4, -0.2) is 48.8 Å². The average molecular weight is 512 g/mol. The van der Waals surface area contributed by atoms with Gasteiger partial charge in [0.2, 0.25) is 5.60 Å². The molecular formula is C28H33NO4S2. The topological polar surface area (TPSA) is 59.0 Å². The van der Waals surface area contributed by atoms with Gasteiger partial charge in [-0.05, 0) is 80.7 Å². The Kier molecular flexibility index (Phi) is 7.04. The van der Waals surface area contributed by atoms with Gasteiger partial charge in [-0.1, -0.05) is 30.3 Å². The van der Waals surface area contributed by atoms with Crippen molar-refractivity contribution in [1.29, 1.82) is 0 Å². The Morgan fingerprint density at radius 3 is 2.23 bits per heavy atom. The van der Waals surface area contributed by atoms with Crippen LogP contribution in [0, 0.1) is 17.8 Å². The number of benzene rings is 1. The molecule has 186 valence electrons. The van der Waals surface area contributed by atoms with Crippen LogP contribution in [0.3, 0.4) is 0 Å². The summed E-state index contributed by atoms with van der Waals surface area (Å²) in [6.07, 6.45) is 3.77. The number of carbonyl (C=O) groups excluding carboxylic acids is 1. The molecule has 0 aliphatic heterocycles. The third kappa shape index (κ3) is 4.67. The number of esters is 1. The minimum absolute atomic E-state index is 0.202. The van der Waals surface area contributed by atoms with Crippen LogP contribution < -0.4 is 4.74 Å². The molecule has 2 fully saturated rings. The second kappa shape index (κ2) is 10.1. The fourth-order valence-corrected chi connectivity index (χ4v) is 7.96. The maximum atomic E-state index is 13.9. The van der Waals surface area contributed by atoms with Crippen LogP contribution in [0.25, 0.3) is 0 Å². The molecule has 2 aliphatic carbocycles. The van der Waals surface area contributed by atoms with E-state index >= 15 is 0 Å². The molecule has 35 heavy (non-hydrogen) atoms. The number of ether oxygens (including phenoxy) is 2. The molecule has 1 N–H and O–H groups in total. The first-order valence-electron chi connectivity index (χ1n) is 12.3. The van der Waals surface area contributed by atoms with Gasteiger partial charge in [0.05, 0.1) is 16.4 Å². The van der Waals surface area contributed by atoms with Crippen molar-refractivity contribution >= 4 is 28.6 Å². The molecule has 0 amide bonds. The van der Waals surface area contributed by atoms with E-state index in [0.717, 1.165) is 38.0 Å². The third-order valence-electron chi connectivity index (χ3n) is 7.65. The second-order valence-electron chi connectivity index (χ2n) is 10.1. The van der Waals surface area contributed by atoms with E-state index in [1.807, 2.05) is 65.4 Å². The number of fused-ring (bicyclic) bond motifs is 2. The predicted octanol–water partition coefficient (Wildman–Crippen LogP) is 5.40. The summed E-state index contributed by atoms with van der Waals surface area (Å²) >= 11 is 2.76. The van der Waals surface area contributed by atoms with Crippen molar-refractivity contribution in [2.24, 2.45) is 17.8 Å². The van der Waals surface area contributed by atoms with Crippen LogP contribution in [0.15, 0.2) is 65.4 Å². The molecule has 5 rings (SSSR count). The largest absolute Gasteiger partial charge is 0.493 e. The smallest absolute Gasteiger partial charge is 0.349 e. The highest BCUT2D eigenvalue weighted by atomic mass is 32.1. The first-order chi connectivity index (χ1) is 16.9. The molecule has 5 nitrogen and oxygen atoms in total. The second-order valence-corrected chi connectivity index (χ2v) is 12.0. The lowest BCUT2D eigenvalue weighted by molar-refractivity contribution is -0.183. The highest BCUT2D eigenvalue weighted by molar-refractivity contribution is 7.12. The quantitative estimate of drug-likeness (QED) is 0.369. The minimum Gasteiger partial charge on any atom is -0.493 e. The minimum atomic E-state index is -1.78. The van der Waals surface area contributed by atoms with Gasteiger partial charge in [0.15, 0.2) is 0 Å². The molecule has 2 aromatic heterocycles. The Bertz CT molecular complexity index is 1060. The van der Waals surface area contributed by atoms with Gasteiger partial charge < -0.3 is 19.5 Å². The first kappa shape index (κ1) is 24.5. The molecule has 3 aromatic rings. The standard InChI is InChI=1S/C28H33NO4S2/c1-29(2)18-21(19-32-22-8-4-3-5-9-22)25-20-12-14-27(25,15-13-20)33-26(30)28(31,23-10-6-16-34-23)24-11-7-17-35-24/h3-11,16-17,20-21,25,31H,12-15,18-19H2,1-2H3. The molecule has 2 saturated carbocycles. The fraction of sp³-hybridized carbons (Fsp3) is 0.464. The Hall–Kier alpha value is -2.19. The lowest BCUT2D eigenvalue weighted by Gasteiger charge is -2.39. The van der Waals surface area contributed by atoms with Crippen LogP contribution in [-0.2, 0) is 15.1 Å². The lowest BCUT2D eigenvalue weighted by atomic mass is 9.81. The van der Waals surface area contributed by atoms with Crippen LogP contribution >= 0.6 is 22.7 Å². The van der Waals surface area contributed by atoms with E-state index < -0.39 is 17.2 Å². The summed E-state index contributed by atoms with van der Waals surface area (Å²) < 4.78 is 12.7. The number of nitrogens with zero attached hydrogens (tertiary/aromatic N) is 1. The Balaban J connectivity index is 1.42. The molecule has 2 atom stereocenters. The molecule has 0 radical (unpaired) electrons. The summed E-state index contributed by atoms with van der Waals surface area (Å²) in [5.74, 6) is 1.22. The molecular weight excluding hydrogens is 478 g/mol. The predicted molar refractivity (Wildman–Crippen MR) is 140 cm³/mol. The molecule has 7 heteroatoms. The highest BCUT2D eigenvalue weighted by Crippen LogP contribution is 2.58. The average Bonchev–Trinajstić information content (AvgIpc) is 3.66. The molecule has 2 bridgehead atoms. The number of rotatable bonds is 10. The van der Waals surface area contributed by atoms with Crippen LogP contribution in [0.4, 0.5) is 0 Å². The summed E-state index contributed by atoms with van der Waals surface area (Å²) in [7, 11) is 4.16. The van der Waals surface area contributed by atoms with Crippen LogP contribution in [0.2, 0.25) is 0 Å². The van der Waals surface area contributed by atoms with E-state index in [-0.39, 0.29) is 11.8 Å². The summed E-state index contributed by atoms with van der Waals surface area (Å²) in [4.78, 5) is 17.3. The number of aliphatic hydroxyl groups is 1. The van der Waals surface area contributed by atoms with Crippen LogP contribution in [0.1, 0.15) is 35.4 Å². The summed E-state index contributed by atoms with van der Waals surface area (Å²) in [6.45, 7) is 1.43. The molecule has 2 heterocycles. The number of carbonyl (C=O) groups is 1. The number of hydrogen-bond acceptors (Lipinski definition) is 7. The molecule has 2 aliphatic rings. The Morgan fingerprint density at radius 1 is 1.06 bits per heavy atom. The van der Waals surface area contributed by atoms with Gasteiger partial charge in [-0.2, -0.15) is 0 Å². The van der Waals surface area contributed by atoms with Gasteiger partial charge in [0, 0.05) is 18.4 Å². The zero-order chi connectivity index (χ0) is 24.5. The van der Waals surface area contributed by atoms with E-state index in [1.165, 1.54) is 22.7 Å². The zero-order valence-corrected chi connectivity index (χ0v) is 21.9. The van der Waals surface area contributed by atoms with Crippen molar-refractivity contribution in [1.82, 2.24) is 4.90 Å². The highest BCUT2D eigenvalue weighted by Gasteiger charge is 2.60. The van der Waals surface area contributed by atoms with Crippen molar-refractivity contribution in [3.05, 3.63) is 75.1 Å². The van der Waals surface area contributed by atoms with Gasteiger partial charge in [-0.3, -0.25) is 0 Å². The molecule has 0 saturated heterocycles. The van der Waals surface area contributed by atoms with Gasteiger partial charge in [-0.15, -0.1) is 22.7 Å². The Morgan fingerprint density at radius 2 is 1.69 bits per heavy atom. The van der Waals surface area contributed by atoms with E-state index in [2.05, 4.69) is 19.0 Å². The van der Waals surface area contributed by atoms with Crippen molar-refractivity contribution in [2.75, 3.05) is 27.2 Å². The van der Waals surface area contributed by atoms with Crippen molar-refractivity contribution in [3.8, 4) is 5.75 Å². The van der Waals surface area contributed by atoms with Crippen molar-refractivity contribution in [2.45, 2.75) is 36.9 Å². The lowest BCUT2D eigenvalue weighted by Crippen LogP contribution is -2.48. The van der Waals surface area contributed by atoms with Gasteiger partial charge in [0.1, 0.15) is 11.4 Å². The van der Waals surface area contributed by atoms with E-state index in [1.54, 1.807) is 0 Å².